The molecule has 0 saturated carbocycles. The van der Waals surface area contributed by atoms with E-state index in [0.29, 0.717) is 12.8 Å². The maximum Gasteiger partial charge on any atom is 0.417 e. The first-order valence-corrected chi connectivity index (χ1v) is 7.01. The van der Waals surface area contributed by atoms with Gasteiger partial charge in [-0.3, -0.25) is 9.59 Å². The Morgan fingerprint density at radius 3 is 2.32 bits per heavy atom. The van der Waals surface area contributed by atoms with Gasteiger partial charge in [0.1, 0.15) is 0 Å². The molecule has 0 unspecified atom stereocenters. The van der Waals surface area contributed by atoms with Crippen LogP contribution < -0.4 is 5.32 Å². The minimum atomic E-state index is -4.56. The minimum absolute atomic E-state index is 0.0946. The molecule has 4 nitrogen and oxygen atoms in total. The number of carbonyl (C=O) groups is 2. The largest absolute Gasteiger partial charge is 0.417 e. The molecule has 1 aliphatic heterocycles. The third kappa shape index (κ3) is 3.40. The van der Waals surface area contributed by atoms with Crippen LogP contribution in [0, 0.1) is 5.92 Å². The number of likely N-dealkylation sites (tertiary alicyclic amines) is 1. The van der Waals surface area contributed by atoms with E-state index in [-0.39, 0.29) is 30.5 Å². The first kappa shape index (κ1) is 16.3. The third-order valence-corrected chi connectivity index (χ3v) is 3.86. The molecule has 1 fully saturated rings. The van der Waals surface area contributed by atoms with E-state index >= 15 is 0 Å². The Hall–Kier alpha value is -2.05. The summed E-state index contributed by atoms with van der Waals surface area (Å²) in [6.45, 7) is 0.562. The summed E-state index contributed by atoms with van der Waals surface area (Å²) in [5.74, 6) is -0.919. The van der Waals surface area contributed by atoms with Crippen molar-refractivity contribution in [3.63, 3.8) is 0 Å². The van der Waals surface area contributed by atoms with E-state index in [4.69, 9.17) is 0 Å². The van der Waals surface area contributed by atoms with Crippen LogP contribution in [0.2, 0.25) is 0 Å². The van der Waals surface area contributed by atoms with Crippen molar-refractivity contribution in [1.82, 2.24) is 10.2 Å². The van der Waals surface area contributed by atoms with E-state index in [0.717, 1.165) is 6.07 Å². The fraction of sp³-hybridized carbons (Fsp3) is 0.467. The SMILES string of the molecule is CNC(=O)C1CCN(C(=O)c2ccccc2C(F)(F)F)CC1. The zero-order valence-electron chi connectivity index (χ0n) is 12.1. The standard InChI is InChI=1S/C15H17F3N2O2/c1-19-13(21)10-6-8-20(9-7-10)14(22)11-4-2-3-5-12(11)15(16,17)18/h2-5,10H,6-9H2,1H3,(H,19,21). The van der Waals surface area contributed by atoms with Gasteiger partial charge in [0.2, 0.25) is 5.91 Å². The molecule has 22 heavy (non-hydrogen) atoms. The second-order valence-electron chi connectivity index (χ2n) is 5.22. The van der Waals surface area contributed by atoms with Crippen LogP contribution in [0.15, 0.2) is 24.3 Å². The zero-order chi connectivity index (χ0) is 16.3. The van der Waals surface area contributed by atoms with Crippen LogP contribution in [0.4, 0.5) is 13.2 Å². The Labute approximate surface area is 126 Å². The van der Waals surface area contributed by atoms with Gasteiger partial charge in [0, 0.05) is 26.1 Å². The topological polar surface area (TPSA) is 49.4 Å². The van der Waals surface area contributed by atoms with Crippen LogP contribution in [-0.2, 0) is 11.0 Å². The molecule has 2 rings (SSSR count). The van der Waals surface area contributed by atoms with E-state index in [2.05, 4.69) is 5.32 Å². The van der Waals surface area contributed by atoms with Crippen LogP contribution in [0.3, 0.4) is 0 Å². The number of benzene rings is 1. The lowest BCUT2D eigenvalue weighted by Crippen LogP contribution is -2.42. The Morgan fingerprint density at radius 1 is 1.18 bits per heavy atom. The van der Waals surface area contributed by atoms with Gasteiger partial charge >= 0.3 is 6.18 Å². The van der Waals surface area contributed by atoms with E-state index in [1.165, 1.54) is 23.1 Å². The van der Waals surface area contributed by atoms with Crippen molar-refractivity contribution < 1.29 is 22.8 Å². The van der Waals surface area contributed by atoms with Gasteiger partial charge in [0.15, 0.2) is 0 Å². The van der Waals surface area contributed by atoms with Crippen molar-refractivity contribution in [3.05, 3.63) is 35.4 Å². The average molecular weight is 314 g/mol. The Bertz CT molecular complexity index is 564. The summed E-state index contributed by atoms with van der Waals surface area (Å²) in [4.78, 5) is 25.3. The molecule has 0 aromatic heterocycles. The highest BCUT2D eigenvalue weighted by molar-refractivity contribution is 5.96. The van der Waals surface area contributed by atoms with Crippen molar-refractivity contribution >= 4 is 11.8 Å². The lowest BCUT2D eigenvalue weighted by Gasteiger charge is -2.31. The Balaban J connectivity index is 2.13. The van der Waals surface area contributed by atoms with Crippen molar-refractivity contribution in [2.45, 2.75) is 19.0 Å². The molecule has 1 heterocycles. The van der Waals surface area contributed by atoms with Gasteiger partial charge in [-0.05, 0) is 25.0 Å². The Kier molecular flexibility index (Phi) is 4.73. The first-order valence-electron chi connectivity index (χ1n) is 7.01. The van der Waals surface area contributed by atoms with Crippen molar-refractivity contribution in [2.75, 3.05) is 20.1 Å². The highest BCUT2D eigenvalue weighted by atomic mass is 19.4. The van der Waals surface area contributed by atoms with Gasteiger partial charge in [-0.15, -0.1) is 0 Å². The molecule has 7 heteroatoms. The number of alkyl halides is 3. The molecular formula is C15H17F3N2O2. The maximum atomic E-state index is 13.0. The Morgan fingerprint density at radius 2 is 1.77 bits per heavy atom. The predicted octanol–water partition coefficient (Wildman–Crippen LogP) is 2.30. The molecule has 0 atom stereocenters. The van der Waals surface area contributed by atoms with Crippen LogP contribution in [0.1, 0.15) is 28.8 Å². The summed E-state index contributed by atoms with van der Waals surface area (Å²) in [5, 5.41) is 2.55. The van der Waals surface area contributed by atoms with Gasteiger partial charge in [0.25, 0.3) is 5.91 Å². The van der Waals surface area contributed by atoms with Crippen LogP contribution in [-0.4, -0.2) is 36.9 Å². The lowest BCUT2D eigenvalue weighted by atomic mass is 9.95. The predicted molar refractivity (Wildman–Crippen MR) is 74.1 cm³/mol. The number of nitrogens with zero attached hydrogens (tertiary/aromatic N) is 1. The molecule has 1 N–H and O–H groups in total. The van der Waals surface area contributed by atoms with E-state index in [1.54, 1.807) is 7.05 Å². The summed E-state index contributed by atoms with van der Waals surface area (Å²) in [6.07, 6.45) is -3.65. The molecule has 1 aromatic carbocycles. The second kappa shape index (κ2) is 6.37. The molecule has 1 aromatic rings. The molecule has 0 radical (unpaired) electrons. The first-order chi connectivity index (χ1) is 10.3. The number of nitrogens with one attached hydrogen (secondary N) is 1. The van der Waals surface area contributed by atoms with Gasteiger partial charge in [-0.1, -0.05) is 12.1 Å². The lowest BCUT2D eigenvalue weighted by molar-refractivity contribution is -0.138. The van der Waals surface area contributed by atoms with Crippen molar-refractivity contribution in [1.29, 1.82) is 0 Å². The van der Waals surface area contributed by atoms with Crippen LogP contribution in [0.25, 0.3) is 0 Å². The quantitative estimate of drug-likeness (QED) is 0.910. The monoisotopic (exact) mass is 314 g/mol. The normalized spacial score (nSPS) is 16.5. The molecular weight excluding hydrogens is 297 g/mol. The van der Waals surface area contributed by atoms with Gasteiger partial charge in [-0.2, -0.15) is 13.2 Å². The van der Waals surface area contributed by atoms with Crippen LogP contribution in [0.5, 0.6) is 0 Å². The summed E-state index contributed by atoms with van der Waals surface area (Å²) in [7, 11) is 1.54. The molecule has 2 amide bonds. The molecule has 120 valence electrons. The summed E-state index contributed by atoms with van der Waals surface area (Å²) >= 11 is 0. The smallest absolute Gasteiger partial charge is 0.359 e. The number of hydrogen-bond acceptors (Lipinski definition) is 2. The molecule has 1 saturated heterocycles. The summed E-state index contributed by atoms with van der Waals surface area (Å²) in [5.41, 5.74) is -1.26. The van der Waals surface area contributed by atoms with Crippen molar-refractivity contribution in [2.24, 2.45) is 5.92 Å². The van der Waals surface area contributed by atoms with E-state index in [1.807, 2.05) is 0 Å². The highest BCUT2D eigenvalue weighted by Crippen LogP contribution is 2.32. The maximum absolute atomic E-state index is 13.0. The van der Waals surface area contributed by atoms with Crippen molar-refractivity contribution in [3.8, 4) is 0 Å². The fourth-order valence-corrected chi connectivity index (χ4v) is 2.64. The third-order valence-electron chi connectivity index (χ3n) is 3.86. The number of halogens is 3. The van der Waals surface area contributed by atoms with Gasteiger partial charge < -0.3 is 10.2 Å². The van der Waals surface area contributed by atoms with E-state index < -0.39 is 17.6 Å². The number of piperidine rings is 1. The van der Waals surface area contributed by atoms with Crippen LogP contribution >= 0.6 is 0 Å². The van der Waals surface area contributed by atoms with Gasteiger partial charge in [0.05, 0.1) is 11.1 Å². The molecule has 1 aliphatic rings. The second-order valence-corrected chi connectivity index (χ2v) is 5.22. The minimum Gasteiger partial charge on any atom is -0.359 e. The van der Waals surface area contributed by atoms with E-state index in [9.17, 15) is 22.8 Å². The fourth-order valence-electron chi connectivity index (χ4n) is 2.64. The van der Waals surface area contributed by atoms with Gasteiger partial charge in [-0.25, -0.2) is 0 Å². The molecule has 0 bridgehead atoms. The number of hydrogen-bond donors (Lipinski definition) is 1. The highest BCUT2D eigenvalue weighted by Gasteiger charge is 2.36. The number of rotatable bonds is 2. The molecule has 0 spiro atoms. The zero-order valence-corrected chi connectivity index (χ0v) is 12.1. The number of carbonyl (C=O) groups excluding carboxylic acids is 2. The number of amides is 2. The summed E-state index contributed by atoms with van der Waals surface area (Å²) < 4.78 is 38.9. The summed E-state index contributed by atoms with van der Waals surface area (Å²) in [6, 6.07) is 4.78. The average Bonchev–Trinajstić information content (AvgIpc) is 2.52. The molecule has 0 aliphatic carbocycles.